The van der Waals surface area contributed by atoms with Crippen molar-refractivity contribution < 1.29 is 17.6 Å². The Bertz CT molecular complexity index is 641. The minimum Gasteiger partial charge on any atom is -0.326 e. The lowest BCUT2D eigenvalue weighted by molar-refractivity contribution is -0.140. The fourth-order valence-corrected chi connectivity index (χ4v) is 2.30. The normalized spacial score (nSPS) is 11.9. The van der Waals surface area contributed by atoms with Crippen LogP contribution in [0, 0.1) is 19.7 Å². The van der Waals surface area contributed by atoms with Crippen LogP contribution < -0.4 is 5.73 Å². The minimum absolute atomic E-state index is 0.272. The van der Waals surface area contributed by atoms with Gasteiger partial charge in [0.15, 0.2) is 0 Å². The molecule has 0 saturated heterocycles. The summed E-state index contributed by atoms with van der Waals surface area (Å²) in [5.74, 6) is -1.28. The second-order valence-electron chi connectivity index (χ2n) is 4.60. The third-order valence-corrected chi connectivity index (χ3v) is 3.27. The van der Waals surface area contributed by atoms with E-state index in [-0.39, 0.29) is 5.69 Å². The van der Waals surface area contributed by atoms with Crippen LogP contribution in [0.5, 0.6) is 0 Å². The van der Waals surface area contributed by atoms with Crippen LogP contribution >= 0.6 is 0 Å². The molecule has 0 spiro atoms. The number of nitrogens with zero attached hydrogens (tertiary/aromatic N) is 1. The van der Waals surface area contributed by atoms with Gasteiger partial charge in [0.05, 0.1) is 5.56 Å². The third kappa shape index (κ3) is 2.43. The van der Waals surface area contributed by atoms with Gasteiger partial charge in [-0.05, 0) is 43.7 Å². The first-order chi connectivity index (χ1) is 9.25. The predicted molar refractivity (Wildman–Crippen MR) is 68.1 cm³/mol. The Labute approximate surface area is 113 Å². The Hall–Kier alpha value is -1.82. The highest BCUT2D eigenvalue weighted by atomic mass is 19.4. The fourth-order valence-electron chi connectivity index (χ4n) is 2.30. The minimum atomic E-state index is -4.72. The lowest BCUT2D eigenvalue weighted by Gasteiger charge is -2.14. The lowest BCUT2D eigenvalue weighted by Crippen LogP contribution is -2.10. The van der Waals surface area contributed by atoms with Crippen LogP contribution in [-0.2, 0) is 12.7 Å². The number of alkyl halides is 3. The highest BCUT2D eigenvalue weighted by molar-refractivity contribution is 5.44. The molecule has 0 radical (unpaired) electrons. The number of rotatable bonds is 2. The number of aryl methyl sites for hydroxylation is 1. The first-order valence-corrected chi connectivity index (χ1v) is 6.00. The molecule has 0 aliphatic heterocycles. The molecular formula is C14H14F4N2. The molecule has 2 nitrogen and oxygen atoms in total. The highest BCUT2D eigenvalue weighted by Gasteiger charge is 2.34. The van der Waals surface area contributed by atoms with Crippen LogP contribution in [0.25, 0.3) is 5.69 Å². The topological polar surface area (TPSA) is 30.9 Å². The van der Waals surface area contributed by atoms with Gasteiger partial charge in [-0.1, -0.05) is 0 Å². The van der Waals surface area contributed by atoms with Gasteiger partial charge >= 0.3 is 6.18 Å². The Morgan fingerprint density at radius 3 is 2.30 bits per heavy atom. The summed E-state index contributed by atoms with van der Waals surface area (Å²) < 4.78 is 53.2. The van der Waals surface area contributed by atoms with E-state index < -0.39 is 17.6 Å². The molecule has 0 bridgehead atoms. The summed E-state index contributed by atoms with van der Waals surface area (Å²) in [5.41, 5.74) is 6.94. The van der Waals surface area contributed by atoms with Crippen molar-refractivity contribution in [1.82, 2.24) is 4.57 Å². The van der Waals surface area contributed by atoms with Gasteiger partial charge in [-0.15, -0.1) is 0 Å². The quantitative estimate of drug-likeness (QED) is 0.838. The van der Waals surface area contributed by atoms with Crippen LogP contribution in [0.15, 0.2) is 24.3 Å². The van der Waals surface area contributed by atoms with Crippen molar-refractivity contribution >= 4 is 0 Å². The Morgan fingerprint density at radius 2 is 1.80 bits per heavy atom. The van der Waals surface area contributed by atoms with E-state index in [1.54, 1.807) is 18.4 Å². The van der Waals surface area contributed by atoms with E-state index in [1.165, 1.54) is 6.07 Å². The maximum Gasteiger partial charge on any atom is 0.419 e. The summed E-state index contributed by atoms with van der Waals surface area (Å²) in [6.07, 6.45) is -4.72. The molecule has 0 aliphatic carbocycles. The van der Waals surface area contributed by atoms with Gasteiger partial charge in [-0.3, -0.25) is 0 Å². The summed E-state index contributed by atoms with van der Waals surface area (Å²) in [5, 5.41) is 0. The molecule has 0 atom stereocenters. The zero-order valence-electron chi connectivity index (χ0n) is 11.1. The fraction of sp³-hybridized carbons (Fsp3) is 0.286. The molecule has 1 heterocycles. The SMILES string of the molecule is Cc1cc(CN)c(C)n1-c1ccc(F)c(C(F)(F)F)c1. The van der Waals surface area contributed by atoms with Crippen molar-refractivity contribution in [3.05, 3.63) is 52.6 Å². The van der Waals surface area contributed by atoms with Gasteiger partial charge in [-0.25, -0.2) is 4.39 Å². The van der Waals surface area contributed by atoms with E-state index >= 15 is 0 Å². The third-order valence-electron chi connectivity index (χ3n) is 3.27. The molecule has 2 aromatic rings. The van der Waals surface area contributed by atoms with Crippen LogP contribution in [0.2, 0.25) is 0 Å². The maximum atomic E-state index is 13.3. The van der Waals surface area contributed by atoms with E-state index in [9.17, 15) is 17.6 Å². The zero-order chi connectivity index (χ0) is 15.1. The largest absolute Gasteiger partial charge is 0.419 e. The van der Waals surface area contributed by atoms with E-state index in [0.29, 0.717) is 6.54 Å². The van der Waals surface area contributed by atoms with Gasteiger partial charge in [-0.2, -0.15) is 13.2 Å². The molecule has 0 unspecified atom stereocenters. The van der Waals surface area contributed by atoms with Crippen molar-refractivity contribution in [3.63, 3.8) is 0 Å². The van der Waals surface area contributed by atoms with Gasteiger partial charge in [0, 0.05) is 23.6 Å². The zero-order valence-corrected chi connectivity index (χ0v) is 11.1. The Balaban J connectivity index is 2.63. The first kappa shape index (κ1) is 14.6. The Kier molecular flexibility index (Phi) is 3.60. The smallest absolute Gasteiger partial charge is 0.326 e. The highest BCUT2D eigenvalue weighted by Crippen LogP contribution is 2.33. The maximum absolute atomic E-state index is 13.3. The Morgan fingerprint density at radius 1 is 1.15 bits per heavy atom. The molecule has 2 N–H and O–H groups in total. The van der Waals surface area contributed by atoms with Crippen LogP contribution in [0.3, 0.4) is 0 Å². The second kappa shape index (κ2) is 4.94. The molecule has 20 heavy (non-hydrogen) atoms. The van der Waals surface area contributed by atoms with Crippen molar-refractivity contribution in [1.29, 1.82) is 0 Å². The standard InChI is InChI=1S/C14H14F4N2/c1-8-5-10(7-19)9(2)20(8)11-3-4-13(15)12(6-11)14(16,17)18/h3-6H,7,19H2,1-2H3. The molecule has 6 heteroatoms. The van der Waals surface area contributed by atoms with Crippen LogP contribution in [-0.4, -0.2) is 4.57 Å². The van der Waals surface area contributed by atoms with Crippen LogP contribution in [0.1, 0.15) is 22.5 Å². The molecule has 1 aromatic carbocycles. The number of aromatic nitrogens is 1. The summed E-state index contributed by atoms with van der Waals surface area (Å²) >= 11 is 0. The summed E-state index contributed by atoms with van der Waals surface area (Å²) in [4.78, 5) is 0. The number of hydrogen-bond donors (Lipinski definition) is 1. The molecular weight excluding hydrogens is 272 g/mol. The first-order valence-electron chi connectivity index (χ1n) is 6.00. The molecule has 0 aliphatic rings. The number of nitrogens with two attached hydrogens (primary N) is 1. The van der Waals surface area contributed by atoms with Crippen molar-refractivity contribution in [2.45, 2.75) is 26.6 Å². The molecule has 108 valence electrons. The lowest BCUT2D eigenvalue weighted by atomic mass is 10.1. The van der Waals surface area contributed by atoms with E-state index in [2.05, 4.69) is 0 Å². The molecule has 0 saturated carbocycles. The van der Waals surface area contributed by atoms with Crippen LogP contribution in [0.4, 0.5) is 17.6 Å². The second-order valence-corrected chi connectivity index (χ2v) is 4.60. The van der Waals surface area contributed by atoms with Gasteiger partial charge in [0.1, 0.15) is 5.82 Å². The average molecular weight is 286 g/mol. The van der Waals surface area contributed by atoms with Crippen molar-refractivity contribution in [2.24, 2.45) is 5.73 Å². The molecule has 2 rings (SSSR count). The molecule has 1 aromatic heterocycles. The monoisotopic (exact) mass is 286 g/mol. The summed E-state index contributed by atoms with van der Waals surface area (Å²) in [6.45, 7) is 3.83. The molecule has 0 amide bonds. The summed E-state index contributed by atoms with van der Waals surface area (Å²) in [7, 11) is 0. The van der Waals surface area contributed by atoms with E-state index in [1.807, 2.05) is 6.07 Å². The average Bonchev–Trinajstić information content (AvgIpc) is 2.64. The number of benzene rings is 1. The van der Waals surface area contributed by atoms with Gasteiger partial charge in [0.25, 0.3) is 0 Å². The van der Waals surface area contributed by atoms with Crippen molar-refractivity contribution in [2.75, 3.05) is 0 Å². The van der Waals surface area contributed by atoms with Gasteiger partial charge in [0.2, 0.25) is 0 Å². The van der Waals surface area contributed by atoms with E-state index in [4.69, 9.17) is 5.73 Å². The predicted octanol–water partition coefficient (Wildman–Crippen LogP) is 3.71. The number of halogens is 4. The summed E-state index contributed by atoms with van der Waals surface area (Å²) in [6, 6.07) is 4.78. The molecule has 0 fully saturated rings. The van der Waals surface area contributed by atoms with Gasteiger partial charge < -0.3 is 10.3 Å². The van der Waals surface area contributed by atoms with E-state index in [0.717, 1.165) is 29.1 Å². The number of hydrogen-bond acceptors (Lipinski definition) is 1. The van der Waals surface area contributed by atoms with Crippen molar-refractivity contribution in [3.8, 4) is 5.69 Å².